The fraction of sp³-hybridized carbons (Fsp3) is 0. The Hall–Kier alpha value is -2.60. The summed E-state index contributed by atoms with van der Waals surface area (Å²) >= 11 is 5.84. The minimum Gasteiger partial charge on any atom is -0.351 e. The van der Waals surface area contributed by atoms with Crippen molar-refractivity contribution in [3.63, 3.8) is 0 Å². The van der Waals surface area contributed by atoms with Crippen molar-refractivity contribution in [1.82, 2.24) is 15.0 Å². The number of hydrogen-bond acceptors (Lipinski definition) is 3. The van der Waals surface area contributed by atoms with Crippen molar-refractivity contribution in [2.24, 2.45) is 5.73 Å². The van der Waals surface area contributed by atoms with Crippen LogP contribution in [-0.2, 0) is 0 Å². The molecule has 0 atom stereocenters. The van der Waals surface area contributed by atoms with E-state index in [4.69, 9.17) is 17.3 Å². The average molecular weight is 288 g/mol. The van der Waals surface area contributed by atoms with Gasteiger partial charge in [0.05, 0.1) is 5.69 Å². The monoisotopic (exact) mass is 287 g/mol. The number of nitrogens with zero attached hydrogens (tertiary/aromatic N) is 3. The number of anilines is 1. The van der Waals surface area contributed by atoms with Crippen LogP contribution in [0.4, 0.5) is 10.5 Å². The molecule has 0 unspecified atom stereocenters. The molecular formula is C13H10ClN5O. The summed E-state index contributed by atoms with van der Waals surface area (Å²) in [7, 11) is 0. The van der Waals surface area contributed by atoms with Gasteiger partial charge in [-0.25, -0.2) is 4.79 Å². The van der Waals surface area contributed by atoms with Gasteiger partial charge in [0, 0.05) is 10.7 Å². The van der Waals surface area contributed by atoms with Crippen molar-refractivity contribution in [3.05, 3.63) is 47.5 Å². The summed E-state index contributed by atoms with van der Waals surface area (Å²) in [6, 6.07) is 11.8. The molecule has 0 saturated carbocycles. The molecule has 7 heteroatoms. The van der Waals surface area contributed by atoms with Gasteiger partial charge in [0.2, 0.25) is 0 Å². The number of amides is 2. The maximum atomic E-state index is 10.8. The Morgan fingerprint density at radius 3 is 2.50 bits per heavy atom. The van der Waals surface area contributed by atoms with E-state index in [1.807, 2.05) is 12.1 Å². The predicted molar refractivity (Wildman–Crippen MR) is 77.1 cm³/mol. The number of benzene rings is 2. The number of urea groups is 1. The molecule has 0 aliphatic rings. The van der Waals surface area contributed by atoms with Gasteiger partial charge in [-0.3, -0.25) is 0 Å². The first-order chi connectivity index (χ1) is 9.61. The third kappa shape index (κ3) is 2.41. The lowest BCUT2D eigenvalue weighted by atomic mass is 10.3. The molecule has 6 nitrogen and oxygen atoms in total. The van der Waals surface area contributed by atoms with Crippen molar-refractivity contribution in [2.75, 3.05) is 5.32 Å². The van der Waals surface area contributed by atoms with Gasteiger partial charge in [-0.05, 0) is 42.5 Å². The molecule has 0 aliphatic heterocycles. The zero-order valence-electron chi connectivity index (χ0n) is 10.2. The van der Waals surface area contributed by atoms with Crippen molar-refractivity contribution in [3.8, 4) is 5.69 Å². The zero-order chi connectivity index (χ0) is 14.1. The largest absolute Gasteiger partial charge is 0.351 e. The van der Waals surface area contributed by atoms with Gasteiger partial charge in [-0.2, -0.15) is 4.80 Å². The Bertz CT molecular complexity index is 781. The Morgan fingerprint density at radius 1 is 1.10 bits per heavy atom. The third-order valence-electron chi connectivity index (χ3n) is 2.71. The van der Waals surface area contributed by atoms with E-state index in [9.17, 15) is 4.79 Å². The molecule has 20 heavy (non-hydrogen) atoms. The fourth-order valence-corrected chi connectivity index (χ4v) is 1.95. The Kier molecular flexibility index (Phi) is 3.00. The SMILES string of the molecule is NC(=O)Nc1ccc2nn(-c3ccc(Cl)cc3)nc2c1. The molecule has 2 aromatic carbocycles. The summed E-state index contributed by atoms with van der Waals surface area (Å²) in [5.74, 6) is 0. The quantitative estimate of drug-likeness (QED) is 0.759. The van der Waals surface area contributed by atoms with Crippen molar-refractivity contribution in [2.45, 2.75) is 0 Å². The van der Waals surface area contributed by atoms with Gasteiger partial charge < -0.3 is 11.1 Å². The van der Waals surface area contributed by atoms with E-state index in [0.717, 1.165) is 11.2 Å². The molecular weight excluding hydrogens is 278 g/mol. The highest BCUT2D eigenvalue weighted by Gasteiger charge is 2.06. The molecule has 0 bridgehead atoms. The number of nitrogens with two attached hydrogens (primary N) is 1. The Labute approximate surface area is 119 Å². The highest BCUT2D eigenvalue weighted by Crippen LogP contribution is 2.18. The Balaban J connectivity index is 2.01. The number of aromatic nitrogens is 3. The van der Waals surface area contributed by atoms with Gasteiger partial charge in [-0.1, -0.05) is 11.6 Å². The molecule has 0 fully saturated rings. The van der Waals surface area contributed by atoms with E-state index in [1.54, 1.807) is 30.3 Å². The molecule has 1 heterocycles. The van der Waals surface area contributed by atoms with Crippen LogP contribution in [0.2, 0.25) is 5.02 Å². The highest BCUT2D eigenvalue weighted by molar-refractivity contribution is 6.30. The molecule has 100 valence electrons. The summed E-state index contributed by atoms with van der Waals surface area (Å²) in [6.45, 7) is 0. The maximum Gasteiger partial charge on any atom is 0.316 e. The predicted octanol–water partition coefficient (Wildman–Crippen LogP) is 2.56. The summed E-state index contributed by atoms with van der Waals surface area (Å²) in [6.07, 6.45) is 0. The van der Waals surface area contributed by atoms with Crippen molar-refractivity contribution in [1.29, 1.82) is 0 Å². The van der Waals surface area contributed by atoms with Crippen LogP contribution in [-0.4, -0.2) is 21.0 Å². The van der Waals surface area contributed by atoms with Crippen molar-refractivity contribution < 1.29 is 4.79 Å². The van der Waals surface area contributed by atoms with Crippen LogP contribution in [0.3, 0.4) is 0 Å². The second-order valence-corrected chi connectivity index (χ2v) is 4.60. The van der Waals surface area contributed by atoms with Crippen LogP contribution in [0.25, 0.3) is 16.7 Å². The van der Waals surface area contributed by atoms with Gasteiger partial charge in [0.15, 0.2) is 0 Å². The lowest BCUT2D eigenvalue weighted by Gasteiger charge is -1.99. The Morgan fingerprint density at radius 2 is 1.80 bits per heavy atom. The molecule has 0 aliphatic carbocycles. The van der Waals surface area contributed by atoms with E-state index < -0.39 is 6.03 Å². The van der Waals surface area contributed by atoms with Crippen LogP contribution >= 0.6 is 11.6 Å². The molecule has 3 aromatic rings. The number of nitrogens with one attached hydrogen (secondary N) is 1. The molecule has 2 amide bonds. The van der Waals surface area contributed by atoms with Gasteiger partial charge >= 0.3 is 6.03 Å². The standard InChI is InChI=1S/C13H10ClN5O/c14-8-1-4-10(5-2-8)19-17-11-6-3-9(16-13(15)20)7-12(11)18-19/h1-7H,(H3,15,16,20). The first-order valence-corrected chi connectivity index (χ1v) is 6.19. The van der Waals surface area contributed by atoms with Crippen LogP contribution < -0.4 is 11.1 Å². The fourth-order valence-electron chi connectivity index (χ4n) is 1.82. The third-order valence-corrected chi connectivity index (χ3v) is 2.96. The average Bonchev–Trinajstić information content (AvgIpc) is 2.81. The molecule has 0 saturated heterocycles. The van der Waals surface area contributed by atoms with Crippen LogP contribution in [0.1, 0.15) is 0 Å². The second kappa shape index (κ2) is 4.82. The van der Waals surface area contributed by atoms with E-state index in [1.165, 1.54) is 4.80 Å². The number of hydrogen-bond donors (Lipinski definition) is 2. The van der Waals surface area contributed by atoms with Crippen LogP contribution in [0.5, 0.6) is 0 Å². The van der Waals surface area contributed by atoms with E-state index in [-0.39, 0.29) is 0 Å². The minimum absolute atomic E-state index is 0.577. The lowest BCUT2D eigenvalue weighted by Crippen LogP contribution is -2.19. The number of halogens is 1. The summed E-state index contributed by atoms with van der Waals surface area (Å²) < 4.78 is 0. The zero-order valence-corrected chi connectivity index (χ0v) is 11.0. The van der Waals surface area contributed by atoms with E-state index in [2.05, 4.69) is 15.5 Å². The molecule has 0 spiro atoms. The van der Waals surface area contributed by atoms with Gasteiger partial charge in [0.1, 0.15) is 11.0 Å². The summed E-state index contributed by atoms with van der Waals surface area (Å²) in [5, 5.41) is 11.9. The number of fused-ring (bicyclic) bond motifs is 1. The number of carbonyl (C=O) groups is 1. The molecule has 3 rings (SSSR count). The van der Waals surface area contributed by atoms with Gasteiger partial charge in [-0.15, -0.1) is 10.2 Å². The van der Waals surface area contributed by atoms with E-state index >= 15 is 0 Å². The number of rotatable bonds is 2. The van der Waals surface area contributed by atoms with Crippen LogP contribution in [0.15, 0.2) is 42.5 Å². The lowest BCUT2D eigenvalue weighted by molar-refractivity contribution is 0.259. The van der Waals surface area contributed by atoms with Crippen molar-refractivity contribution >= 4 is 34.4 Å². The number of carbonyl (C=O) groups excluding carboxylic acids is 1. The highest BCUT2D eigenvalue weighted by atomic mass is 35.5. The minimum atomic E-state index is -0.616. The number of primary amides is 1. The maximum absolute atomic E-state index is 10.8. The van der Waals surface area contributed by atoms with Crippen LogP contribution in [0, 0.1) is 0 Å². The first-order valence-electron chi connectivity index (χ1n) is 5.81. The molecule has 0 radical (unpaired) electrons. The van der Waals surface area contributed by atoms with E-state index in [0.29, 0.717) is 16.2 Å². The molecule has 3 N–H and O–H groups in total. The normalized spacial score (nSPS) is 10.7. The van der Waals surface area contributed by atoms with Gasteiger partial charge in [0.25, 0.3) is 0 Å². The summed E-state index contributed by atoms with van der Waals surface area (Å²) in [4.78, 5) is 12.3. The first kappa shape index (κ1) is 12.4. The topological polar surface area (TPSA) is 85.8 Å². The smallest absolute Gasteiger partial charge is 0.316 e. The molecule has 1 aromatic heterocycles. The second-order valence-electron chi connectivity index (χ2n) is 4.16. The summed E-state index contributed by atoms with van der Waals surface area (Å²) in [5.41, 5.74) is 7.83.